The lowest BCUT2D eigenvalue weighted by Gasteiger charge is -2.07. The van der Waals surface area contributed by atoms with Crippen LogP contribution in [0.4, 0.5) is 5.95 Å². The fourth-order valence-corrected chi connectivity index (χ4v) is 2.07. The van der Waals surface area contributed by atoms with E-state index in [0.717, 1.165) is 5.69 Å². The molecule has 100 valence electrons. The molecule has 0 aliphatic carbocycles. The molecule has 0 bridgehead atoms. The van der Waals surface area contributed by atoms with Crippen molar-refractivity contribution in [3.63, 3.8) is 0 Å². The van der Waals surface area contributed by atoms with E-state index in [1.54, 1.807) is 10.8 Å². The number of anilines is 1. The van der Waals surface area contributed by atoms with E-state index in [-0.39, 0.29) is 11.9 Å². The Labute approximate surface area is 118 Å². The zero-order valence-corrected chi connectivity index (χ0v) is 11.0. The topological polar surface area (TPSA) is 91.4 Å². The number of rotatable bonds is 3. The molecule has 3 rings (SSSR count). The lowest BCUT2D eigenvalue weighted by Crippen LogP contribution is -2.17. The number of hydrogen-bond donors (Lipinski definition) is 3. The van der Waals surface area contributed by atoms with Gasteiger partial charge in [-0.05, 0) is 24.4 Å². The summed E-state index contributed by atoms with van der Waals surface area (Å²) in [7, 11) is 0. The van der Waals surface area contributed by atoms with Gasteiger partial charge >= 0.3 is 0 Å². The standard InChI is InChI=1S/C12H10N6OS/c19-10(16-11-14-7-15-17-11)9-6-13-12(20)18(9)8-4-2-1-3-5-8/h1-7H,(H,13,20)(H2,14,15,16,17,19). The number of H-pyrrole nitrogens is 2. The Morgan fingerprint density at radius 1 is 1.30 bits per heavy atom. The molecule has 0 aliphatic rings. The van der Waals surface area contributed by atoms with Gasteiger partial charge in [-0.2, -0.15) is 10.1 Å². The molecule has 1 amide bonds. The monoisotopic (exact) mass is 286 g/mol. The van der Waals surface area contributed by atoms with Crippen molar-refractivity contribution in [2.75, 3.05) is 5.32 Å². The van der Waals surface area contributed by atoms with Crippen molar-refractivity contribution < 1.29 is 4.79 Å². The molecule has 0 radical (unpaired) electrons. The summed E-state index contributed by atoms with van der Waals surface area (Å²) in [6.07, 6.45) is 2.87. The van der Waals surface area contributed by atoms with Crippen LogP contribution in [-0.2, 0) is 0 Å². The van der Waals surface area contributed by atoms with Gasteiger partial charge in [-0.15, -0.1) is 0 Å². The van der Waals surface area contributed by atoms with Crippen LogP contribution in [0.3, 0.4) is 0 Å². The smallest absolute Gasteiger partial charge is 0.276 e. The third-order valence-electron chi connectivity index (χ3n) is 2.67. The molecule has 2 heterocycles. The lowest BCUT2D eigenvalue weighted by molar-refractivity contribution is 0.101. The highest BCUT2D eigenvalue weighted by molar-refractivity contribution is 7.71. The van der Waals surface area contributed by atoms with E-state index in [4.69, 9.17) is 12.2 Å². The van der Waals surface area contributed by atoms with E-state index in [0.29, 0.717) is 10.5 Å². The van der Waals surface area contributed by atoms with E-state index >= 15 is 0 Å². The molecule has 2 aromatic heterocycles. The summed E-state index contributed by atoms with van der Waals surface area (Å²) in [5.74, 6) is -0.0558. The fourth-order valence-electron chi connectivity index (χ4n) is 1.81. The first-order chi connectivity index (χ1) is 9.75. The van der Waals surface area contributed by atoms with Crippen LogP contribution >= 0.6 is 12.2 Å². The minimum Gasteiger partial charge on any atom is -0.336 e. The number of aromatic nitrogens is 5. The zero-order valence-electron chi connectivity index (χ0n) is 10.2. The van der Waals surface area contributed by atoms with Gasteiger partial charge in [0.1, 0.15) is 12.0 Å². The fraction of sp³-hybridized carbons (Fsp3) is 0. The van der Waals surface area contributed by atoms with Crippen LogP contribution in [0.15, 0.2) is 42.9 Å². The Kier molecular flexibility index (Phi) is 3.13. The molecule has 0 saturated carbocycles. The van der Waals surface area contributed by atoms with Crippen molar-refractivity contribution in [2.24, 2.45) is 0 Å². The van der Waals surface area contributed by atoms with Gasteiger partial charge in [-0.1, -0.05) is 18.2 Å². The van der Waals surface area contributed by atoms with E-state index < -0.39 is 0 Å². The minimum absolute atomic E-state index is 0.279. The average Bonchev–Trinajstić information content (AvgIpc) is 3.09. The number of para-hydroxylation sites is 1. The summed E-state index contributed by atoms with van der Waals surface area (Å²) in [6.45, 7) is 0. The minimum atomic E-state index is -0.335. The van der Waals surface area contributed by atoms with Crippen molar-refractivity contribution in [1.82, 2.24) is 24.7 Å². The predicted molar refractivity (Wildman–Crippen MR) is 75.3 cm³/mol. The van der Waals surface area contributed by atoms with Gasteiger partial charge in [0.15, 0.2) is 4.77 Å². The summed E-state index contributed by atoms with van der Waals surface area (Å²) in [4.78, 5) is 18.9. The summed E-state index contributed by atoms with van der Waals surface area (Å²) < 4.78 is 2.10. The van der Waals surface area contributed by atoms with Crippen molar-refractivity contribution in [2.45, 2.75) is 0 Å². The summed E-state index contributed by atoms with van der Waals surface area (Å²) >= 11 is 5.21. The average molecular weight is 286 g/mol. The third kappa shape index (κ3) is 2.24. The Hall–Kier alpha value is -2.74. The highest BCUT2D eigenvalue weighted by atomic mass is 32.1. The molecule has 0 fully saturated rings. The SMILES string of the molecule is O=C(Nc1ncn[nH]1)c1c[nH]c(=S)n1-c1ccccc1. The third-order valence-corrected chi connectivity index (χ3v) is 2.97. The number of amides is 1. The van der Waals surface area contributed by atoms with Crippen LogP contribution in [0.2, 0.25) is 0 Å². The molecule has 7 nitrogen and oxygen atoms in total. The van der Waals surface area contributed by atoms with E-state index in [1.165, 1.54) is 6.33 Å². The van der Waals surface area contributed by atoms with Crippen LogP contribution in [0.25, 0.3) is 5.69 Å². The molecule has 3 aromatic rings. The van der Waals surface area contributed by atoms with Crippen LogP contribution < -0.4 is 5.32 Å². The maximum atomic E-state index is 12.2. The molecule has 0 spiro atoms. The van der Waals surface area contributed by atoms with Gasteiger partial charge in [-0.25, -0.2) is 5.10 Å². The first kappa shape index (κ1) is 12.3. The van der Waals surface area contributed by atoms with E-state index in [2.05, 4.69) is 25.5 Å². The van der Waals surface area contributed by atoms with Crippen molar-refractivity contribution >= 4 is 24.1 Å². The van der Waals surface area contributed by atoms with Crippen LogP contribution in [0.1, 0.15) is 10.5 Å². The molecular weight excluding hydrogens is 276 g/mol. The van der Waals surface area contributed by atoms with Crippen LogP contribution in [0.5, 0.6) is 0 Å². The second-order valence-electron chi connectivity index (χ2n) is 3.94. The first-order valence-corrected chi connectivity index (χ1v) is 6.19. The van der Waals surface area contributed by atoms with Gasteiger partial charge in [0.05, 0.1) is 0 Å². The number of hydrogen-bond acceptors (Lipinski definition) is 4. The summed E-state index contributed by atoms with van der Waals surface area (Å²) in [5.41, 5.74) is 1.19. The van der Waals surface area contributed by atoms with Gasteiger partial charge in [0.25, 0.3) is 5.91 Å². The number of imidazole rings is 1. The largest absolute Gasteiger partial charge is 0.336 e. The van der Waals surface area contributed by atoms with Crippen LogP contribution in [-0.4, -0.2) is 30.6 Å². The number of carbonyl (C=O) groups is 1. The van der Waals surface area contributed by atoms with Crippen molar-refractivity contribution in [3.05, 3.63) is 53.3 Å². The lowest BCUT2D eigenvalue weighted by atomic mass is 10.3. The number of nitrogens with zero attached hydrogens (tertiary/aromatic N) is 3. The predicted octanol–water partition coefficient (Wildman–Crippen LogP) is 1.91. The Morgan fingerprint density at radius 3 is 2.80 bits per heavy atom. The zero-order chi connectivity index (χ0) is 13.9. The Bertz CT molecular complexity index is 774. The Balaban J connectivity index is 1.99. The first-order valence-electron chi connectivity index (χ1n) is 5.78. The molecule has 3 N–H and O–H groups in total. The summed E-state index contributed by atoms with van der Waals surface area (Å²) in [6, 6.07) is 9.39. The second kappa shape index (κ2) is 5.10. The molecule has 0 unspecified atom stereocenters. The highest BCUT2D eigenvalue weighted by Crippen LogP contribution is 2.13. The van der Waals surface area contributed by atoms with Gasteiger partial charge in [0, 0.05) is 11.9 Å². The van der Waals surface area contributed by atoms with Gasteiger partial charge in [-0.3, -0.25) is 14.7 Å². The maximum absolute atomic E-state index is 12.2. The summed E-state index contributed by atoms with van der Waals surface area (Å²) in [5, 5.41) is 8.84. The molecular formula is C12H10N6OS. The molecule has 0 saturated heterocycles. The highest BCUT2D eigenvalue weighted by Gasteiger charge is 2.15. The molecule has 20 heavy (non-hydrogen) atoms. The van der Waals surface area contributed by atoms with Crippen molar-refractivity contribution in [3.8, 4) is 5.69 Å². The Morgan fingerprint density at radius 2 is 2.10 bits per heavy atom. The van der Waals surface area contributed by atoms with Crippen molar-refractivity contribution in [1.29, 1.82) is 0 Å². The van der Waals surface area contributed by atoms with Crippen LogP contribution in [0, 0.1) is 4.77 Å². The van der Waals surface area contributed by atoms with Gasteiger partial charge < -0.3 is 4.98 Å². The number of aromatic amines is 2. The van der Waals surface area contributed by atoms with Gasteiger partial charge in [0.2, 0.25) is 5.95 Å². The number of nitrogens with one attached hydrogen (secondary N) is 3. The molecule has 1 aromatic carbocycles. The maximum Gasteiger partial charge on any atom is 0.276 e. The quantitative estimate of drug-likeness (QED) is 0.641. The van der Waals surface area contributed by atoms with E-state index in [9.17, 15) is 4.79 Å². The molecule has 8 heteroatoms. The van der Waals surface area contributed by atoms with E-state index in [1.807, 2.05) is 30.3 Å². The molecule has 0 atom stereocenters. The molecule has 0 aliphatic heterocycles. The second-order valence-corrected chi connectivity index (χ2v) is 4.32. The number of benzene rings is 1. The number of carbonyl (C=O) groups excluding carboxylic acids is 1. The normalized spacial score (nSPS) is 10.4.